The molecule has 0 saturated carbocycles. The molecule has 1 aliphatic heterocycles. The lowest BCUT2D eigenvalue weighted by Gasteiger charge is -2.14. The number of hydrogen-bond donors (Lipinski definition) is 0. The van der Waals surface area contributed by atoms with E-state index >= 15 is 0 Å². The monoisotopic (exact) mass is 335 g/mol. The predicted molar refractivity (Wildman–Crippen MR) is 99.1 cm³/mol. The lowest BCUT2D eigenvalue weighted by Crippen LogP contribution is -2.27. The van der Waals surface area contributed by atoms with E-state index in [2.05, 4.69) is 10.6 Å². The highest BCUT2D eigenvalue weighted by Gasteiger charge is 2.34. The number of methoxy groups -OCH3 is 1. The lowest BCUT2D eigenvalue weighted by atomic mass is 10.0. The quantitative estimate of drug-likeness (QED) is 0.733. The number of likely N-dealkylation sites (N-methyl/N-ethyl adjacent to an activating group) is 1. The second-order valence-electron chi connectivity index (χ2n) is 6.43. The Morgan fingerprint density at radius 3 is 2.56 bits per heavy atom. The molecule has 3 aromatic rings. The van der Waals surface area contributed by atoms with Crippen molar-refractivity contribution in [2.24, 2.45) is 7.05 Å². The summed E-state index contributed by atoms with van der Waals surface area (Å²) in [6.45, 7) is 4.66. The van der Waals surface area contributed by atoms with E-state index in [0.717, 1.165) is 39.4 Å². The third-order valence-electron chi connectivity index (χ3n) is 5.09. The molecule has 0 bridgehead atoms. The minimum atomic E-state index is -0.0984. The Balaban J connectivity index is 1.87. The minimum Gasteiger partial charge on any atom is -0.497 e. The first kappa shape index (κ1) is 15.7. The van der Waals surface area contributed by atoms with Crippen molar-refractivity contribution in [2.75, 3.05) is 18.6 Å². The van der Waals surface area contributed by atoms with Crippen LogP contribution in [0.5, 0.6) is 5.75 Å². The third-order valence-corrected chi connectivity index (χ3v) is 5.09. The Morgan fingerprint density at radius 1 is 1.20 bits per heavy atom. The maximum atomic E-state index is 12.4. The van der Waals surface area contributed by atoms with Crippen LogP contribution < -0.4 is 9.64 Å². The second kappa shape index (κ2) is 5.62. The fourth-order valence-corrected chi connectivity index (χ4v) is 3.63. The lowest BCUT2D eigenvalue weighted by molar-refractivity contribution is -0.118. The number of nitrogens with zero attached hydrogens (tertiary/aromatic N) is 3. The fourth-order valence-electron chi connectivity index (χ4n) is 3.63. The van der Waals surface area contributed by atoms with Crippen molar-refractivity contribution in [3.05, 3.63) is 42.0 Å². The van der Waals surface area contributed by atoms with Crippen LogP contribution in [0.3, 0.4) is 0 Å². The number of rotatable bonds is 3. The Bertz CT molecular complexity index is 973. The number of ether oxygens (including phenoxy) is 1. The number of anilines is 1. The number of amides is 1. The van der Waals surface area contributed by atoms with Crippen LogP contribution in [0.25, 0.3) is 22.4 Å². The molecule has 0 radical (unpaired) electrons. The molecule has 0 fully saturated rings. The smallest absolute Gasteiger partial charge is 0.234 e. The molecule has 1 unspecified atom stereocenters. The minimum absolute atomic E-state index is 0.0984. The summed E-state index contributed by atoms with van der Waals surface area (Å²) < 4.78 is 7.32. The molecule has 5 heteroatoms. The number of benzene rings is 2. The van der Waals surface area contributed by atoms with Crippen LogP contribution in [-0.4, -0.2) is 29.1 Å². The first-order valence-corrected chi connectivity index (χ1v) is 8.51. The number of aromatic nitrogens is 2. The van der Waals surface area contributed by atoms with E-state index in [0.29, 0.717) is 6.54 Å². The summed E-state index contributed by atoms with van der Waals surface area (Å²) in [7, 11) is 3.67. The highest BCUT2D eigenvalue weighted by atomic mass is 16.5. The van der Waals surface area contributed by atoms with Crippen molar-refractivity contribution in [3.63, 3.8) is 0 Å². The van der Waals surface area contributed by atoms with Crippen molar-refractivity contribution in [1.29, 1.82) is 0 Å². The summed E-state index contributed by atoms with van der Waals surface area (Å²) in [6.07, 6.45) is 0. The molecule has 1 amide bonds. The van der Waals surface area contributed by atoms with E-state index in [4.69, 9.17) is 9.72 Å². The molecule has 4 rings (SSSR count). The topological polar surface area (TPSA) is 47.4 Å². The molecule has 1 atom stereocenters. The van der Waals surface area contributed by atoms with Gasteiger partial charge in [0.25, 0.3) is 0 Å². The van der Waals surface area contributed by atoms with Gasteiger partial charge in [-0.05, 0) is 55.8 Å². The van der Waals surface area contributed by atoms with Gasteiger partial charge in [0.2, 0.25) is 5.91 Å². The van der Waals surface area contributed by atoms with Gasteiger partial charge < -0.3 is 14.2 Å². The molecular formula is C20H21N3O2. The molecule has 1 aliphatic rings. The average Bonchev–Trinajstić information content (AvgIpc) is 3.08. The zero-order valence-electron chi connectivity index (χ0n) is 14.9. The molecule has 2 aromatic carbocycles. The van der Waals surface area contributed by atoms with Gasteiger partial charge in [0, 0.05) is 24.8 Å². The van der Waals surface area contributed by atoms with E-state index < -0.39 is 0 Å². The van der Waals surface area contributed by atoms with Gasteiger partial charge in [0.1, 0.15) is 11.6 Å². The Hall–Kier alpha value is -2.82. The number of imidazole rings is 1. The zero-order valence-corrected chi connectivity index (χ0v) is 14.9. The number of carbonyl (C=O) groups excluding carboxylic acids is 1. The van der Waals surface area contributed by atoms with Gasteiger partial charge in [0.05, 0.1) is 24.1 Å². The van der Waals surface area contributed by atoms with Gasteiger partial charge in [-0.1, -0.05) is 0 Å². The maximum absolute atomic E-state index is 12.4. The van der Waals surface area contributed by atoms with Crippen molar-refractivity contribution >= 4 is 22.6 Å². The summed E-state index contributed by atoms with van der Waals surface area (Å²) in [6, 6.07) is 12.1. The van der Waals surface area contributed by atoms with Gasteiger partial charge in [-0.3, -0.25) is 4.79 Å². The van der Waals surface area contributed by atoms with Crippen molar-refractivity contribution in [2.45, 2.75) is 19.8 Å². The highest BCUT2D eigenvalue weighted by Crippen LogP contribution is 2.40. The molecule has 1 aromatic heterocycles. The molecule has 0 spiro atoms. The van der Waals surface area contributed by atoms with Crippen LogP contribution in [0.2, 0.25) is 0 Å². The highest BCUT2D eigenvalue weighted by molar-refractivity contribution is 6.07. The van der Waals surface area contributed by atoms with Crippen molar-refractivity contribution in [3.8, 4) is 17.1 Å². The fraction of sp³-hybridized carbons (Fsp3) is 0.300. The van der Waals surface area contributed by atoms with Gasteiger partial charge in [-0.2, -0.15) is 0 Å². The van der Waals surface area contributed by atoms with Crippen molar-refractivity contribution < 1.29 is 9.53 Å². The Kier molecular flexibility index (Phi) is 3.53. The van der Waals surface area contributed by atoms with Crippen LogP contribution in [0.1, 0.15) is 25.3 Å². The summed E-state index contributed by atoms with van der Waals surface area (Å²) in [4.78, 5) is 19.1. The van der Waals surface area contributed by atoms with Gasteiger partial charge in [0.15, 0.2) is 0 Å². The average molecular weight is 335 g/mol. The Morgan fingerprint density at radius 2 is 1.92 bits per heavy atom. The van der Waals surface area contributed by atoms with Crippen LogP contribution in [0, 0.1) is 0 Å². The molecule has 5 nitrogen and oxygen atoms in total. The number of carbonyl (C=O) groups is 1. The molecule has 0 N–H and O–H groups in total. The molecule has 2 heterocycles. The first-order chi connectivity index (χ1) is 12.0. The summed E-state index contributed by atoms with van der Waals surface area (Å²) in [5.74, 6) is 1.80. The van der Waals surface area contributed by atoms with Crippen LogP contribution in [0.4, 0.5) is 5.69 Å². The van der Waals surface area contributed by atoms with Gasteiger partial charge in [-0.15, -0.1) is 0 Å². The van der Waals surface area contributed by atoms with Crippen LogP contribution in [-0.2, 0) is 11.8 Å². The zero-order chi connectivity index (χ0) is 17.7. The van der Waals surface area contributed by atoms with E-state index in [1.54, 1.807) is 7.11 Å². The van der Waals surface area contributed by atoms with Crippen molar-refractivity contribution in [1.82, 2.24) is 9.55 Å². The summed E-state index contributed by atoms with van der Waals surface area (Å²) in [5, 5.41) is 0. The molecule has 0 aliphatic carbocycles. The van der Waals surface area contributed by atoms with Gasteiger partial charge >= 0.3 is 0 Å². The van der Waals surface area contributed by atoms with Crippen LogP contribution in [0.15, 0.2) is 36.4 Å². The number of aryl methyl sites for hydroxylation is 1. The summed E-state index contributed by atoms with van der Waals surface area (Å²) >= 11 is 0. The normalized spacial score (nSPS) is 16.6. The maximum Gasteiger partial charge on any atom is 0.234 e. The van der Waals surface area contributed by atoms with Crippen LogP contribution >= 0.6 is 0 Å². The summed E-state index contributed by atoms with van der Waals surface area (Å²) in [5.41, 5.74) is 5.07. The van der Waals surface area contributed by atoms with E-state index in [9.17, 15) is 4.79 Å². The molecule has 128 valence electrons. The molecule has 0 saturated heterocycles. The second-order valence-corrected chi connectivity index (χ2v) is 6.43. The molecular weight excluding hydrogens is 314 g/mol. The standard InChI is InChI=1S/C20H21N3O2/c1-5-23-17-11-16-18(10-15(17)12(2)20(23)24)22(3)19(21-16)13-6-8-14(25-4)9-7-13/h6-12H,5H2,1-4H3. The Labute approximate surface area is 146 Å². The largest absolute Gasteiger partial charge is 0.497 e. The third kappa shape index (κ3) is 2.22. The first-order valence-electron chi connectivity index (χ1n) is 8.51. The predicted octanol–water partition coefficient (Wildman–Crippen LogP) is 3.72. The SMILES string of the molecule is CCN1C(=O)C(C)c2cc3c(cc21)nc(-c1ccc(OC)cc1)n3C. The van der Waals surface area contributed by atoms with E-state index in [1.807, 2.05) is 56.1 Å². The number of fused-ring (bicyclic) bond motifs is 2. The number of hydrogen-bond acceptors (Lipinski definition) is 3. The van der Waals surface area contributed by atoms with E-state index in [1.165, 1.54) is 0 Å². The van der Waals surface area contributed by atoms with E-state index in [-0.39, 0.29) is 11.8 Å². The van der Waals surface area contributed by atoms with Gasteiger partial charge in [-0.25, -0.2) is 4.98 Å². The molecule has 25 heavy (non-hydrogen) atoms.